The Hall–Kier alpha value is -3.10. The molecule has 0 radical (unpaired) electrons. The quantitative estimate of drug-likeness (QED) is 0.559. The molecule has 2 aromatic rings. The Morgan fingerprint density at radius 1 is 1.07 bits per heavy atom. The van der Waals surface area contributed by atoms with Crippen molar-refractivity contribution in [3.63, 3.8) is 0 Å². The van der Waals surface area contributed by atoms with Crippen molar-refractivity contribution in [1.29, 1.82) is 0 Å². The van der Waals surface area contributed by atoms with Crippen LogP contribution in [0, 0.1) is 0 Å². The summed E-state index contributed by atoms with van der Waals surface area (Å²) >= 11 is 7.08. The Morgan fingerprint density at radius 3 is 2.47 bits per heavy atom. The van der Waals surface area contributed by atoms with Crippen molar-refractivity contribution in [3.8, 4) is 0 Å². The van der Waals surface area contributed by atoms with E-state index >= 15 is 0 Å². The van der Waals surface area contributed by atoms with Crippen molar-refractivity contribution in [2.24, 2.45) is 0 Å². The van der Waals surface area contributed by atoms with Gasteiger partial charge in [0, 0.05) is 11.4 Å². The number of fused-ring (bicyclic) bond motifs is 1. The average molecular weight is 438 g/mol. The summed E-state index contributed by atoms with van der Waals surface area (Å²) in [7, 11) is 0. The number of allylic oxidation sites excluding steroid dienone is 2. The molecule has 2 heterocycles. The molecule has 4 rings (SSSR count). The molecule has 1 fully saturated rings. The number of nitrogens with zero attached hydrogens (tertiary/aromatic N) is 3. The summed E-state index contributed by atoms with van der Waals surface area (Å²) < 4.78 is 0. The number of carbonyl (C=O) groups is 2. The number of rotatable bonds is 5. The minimum absolute atomic E-state index is 0.160. The van der Waals surface area contributed by atoms with Gasteiger partial charge < -0.3 is 14.9 Å². The number of carboxylic acid groups (broad SMARTS) is 1. The molecule has 30 heavy (non-hydrogen) atoms. The number of carboxylic acids is 1. The SMILES string of the molecule is CCN1/C(=C/C=C2C(=O)N(c3ccccc3)C(=S)N2CC(=O)O)Sc2ccccc21. The number of amides is 1. The van der Waals surface area contributed by atoms with Crippen LogP contribution in [0.2, 0.25) is 0 Å². The number of thiocarbonyl (C=S) groups is 1. The Morgan fingerprint density at radius 2 is 1.77 bits per heavy atom. The van der Waals surface area contributed by atoms with Crippen LogP contribution in [0.1, 0.15) is 6.92 Å². The van der Waals surface area contributed by atoms with Gasteiger partial charge in [-0.3, -0.25) is 14.5 Å². The maximum absolute atomic E-state index is 13.2. The lowest BCUT2D eigenvalue weighted by Crippen LogP contribution is -2.35. The van der Waals surface area contributed by atoms with Crippen LogP contribution < -0.4 is 9.80 Å². The molecule has 0 aromatic heterocycles. The third kappa shape index (κ3) is 3.59. The van der Waals surface area contributed by atoms with Gasteiger partial charge in [0.05, 0.1) is 16.4 Å². The highest BCUT2D eigenvalue weighted by Gasteiger charge is 2.39. The summed E-state index contributed by atoms with van der Waals surface area (Å²) in [5.74, 6) is -1.40. The predicted octanol–water partition coefficient (Wildman–Crippen LogP) is 4.06. The molecular formula is C22H19N3O3S2. The zero-order chi connectivity index (χ0) is 21.3. The van der Waals surface area contributed by atoms with E-state index in [1.807, 2.05) is 36.4 Å². The van der Waals surface area contributed by atoms with E-state index in [1.165, 1.54) is 9.80 Å². The van der Waals surface area contributed by atoms with Crippen molar-refractivity contribution in [1.82, 2.24) is 4.90 Å². The fourth-order valence-electron chi connectivity index (χ4n) is 3.45. The highest BCUT2D eigenvalue weighted by molar-refractivity contribution is 8.03. The fourth-order valence-corrected chi connectivity index (χ4v) is 4.93. The highest BCUT2D eigenvalue weighted by atomic mass is 32.2. The zero-order valence-corrected chi connectivity index (χ0v) is 17.8. The molecule has 0 bridgehead atoms. The molecular weight excluding hydrogens is 418 g/mol. The van der Waals surface area contributed by atoms with E-state index < -0.39 is 5.97 Å². The van der Waals surface area contributed by atoms with Gasteiger partial charge in [0.15, 0.2) is 5.11 Å². The van der Waals surface area contributed by atoms with Crippen LogP contribution in [0.15, 0.2) is 82.4 Å². The summed E-state index contributed by atoms with van der Waals surface area (Å²) in [6.45, 7) is 2.46. The minimum atomic E-state index is -1.06. The van der Waals surface area contributed by atoms with Crippen molar-refractivity contribution < 1.29 is 14.7 Å². The second kappa shape index (κ2) is 8.33. The molecule has 8 heteroatoms. The molecule has 2 aliphatic heterocycles. The first-order chi connectivity index (χ1) is 14.5. The van der Waals surface area contributed by atoms with E-state index in [2.05, 4.69) is 24.0 Å². The lowest BCUT2D eigenvalue weighted by Gasteiger charge is -2.18. The number of benzene rings is 2. The van der Waals surface area contributed by atoms with Gasteiger partial charge in [-0.15, -0.1) is 0 Å². The van der Waals surface area contributed by atoms with Crippen molar-refractivity contribution in [3.05, 3.63) is 77.5 Å². The second-order valence-corrected chi connectivity index (χ2v) is 8.04. The lowest BCUT2D eigenvalue weighted by atomic mass is 10.2. The van der Waals surface area contributed by atoms with E-state index in [0.717, 1.165) is 22.2 Å². The molecule has 1 amide bonds. The van der Waals surface area contributed by atoms with Crippen molar-refractivity contribution in [2.75, 3.05) is 22.9 Å². The standard InChI is InChI=1S/C22H19N3O3S2/c1-2-23-16-10-6-7-11-18(16)30-19(23)13-12-17-21(28)25(15-8-4-3-5-9-15)22(29)24(17)14-20(26)27/h3-13H,2,14H2,1H3,(H,26,27)/b17-12?,19-13-. The number of anilines is 2. The number of thioether (sulfide) groups is 1. The highest BCUT2D eigenvalue weighted by Crippen LogP contribution is 2.45. The normalized spacial score (nSPS) is 18.6. The van der Waals surface area contributed by atoms with Crippen LogP contribution in [-0.2, 0) is 9.59 Å². The minimum Gasteiger partial charge on any atom is -0.480 e. The zero-order valence-electron chi connectivity index (χ0n) is 16.2. The molecule has 2 aliphatic rings. The van der Waals surface area contributed by atoms with Crippen LogP contribution >= 0.6 is 24.0 Å². The summed E-state index contributed by atoms with van der Waals surface area (Å²) in [5.41, 5.74) is 1.97. The van der Waals surface area contributed by atoms with Crippen LogP contribution in [0.4, 0.5) is 11.4 Å². The Kier molecular flexibility index (Phi) is 5.61. The second-order valence-electron chi connectivity index (χ2n) is 6.61. The molecule has 0 atom stereocenters. The first-order valence-corrected chi connectivity index (χ1v) is 10.6. The summed E-state index contributed by atoms with van der Waals surface area (Å²) in [6.07, 6.45) is 3.52. The average Bonchev–Trinajstić information content (AvgIpc) is 3.21. The Bertz CT molecular complexity index is 1080. The molecule has 0 saturated carbocycles. The smallest absolute Gasteiger partial charge is 0.323 e. The monoisotopic (exact) mass is 437 g/mol. The van der Waals surface area contributed by atoms with E-state index in [-0.39, 0.29) is 23.3 Å². The largest absolute Gasteiger partial charge is 0.480 e. The van der Waals surface area contributed by atoms with Gasteiger partial charge in [0.2, 0.25) is 0 Å². The van der Waals surface area contributed by atoms with Gasteiger partial charge in [-0.2, -0.15) is 0 Å². The molecule has 1 N–H and O–H groups in total. The topological polar surface area (TPSA) is 64.1 Å². The number of para-hydroxylation sites is 2. The number of aliphatic carboxylic acids is 1. The summed E-state index contributed by atoms with van der Waals surface area (Å²) in [5, 5.41) is 10.5. The first kappa shape index (κ1) is 20.2. The lowest BCUT2D eigenvalue weighted by molar-refractivity contribution is -0.137. The molecule has 2 aromatic carbocycles. The van der Waals surface area contributed by atoms with E-state index in [4.69, 9.17) is 12.2 Å². The third-order valence-corrected chi connectivity index (χ3v) is 6.31. The van der Waals surface area contributed by atoms with Crippen LogP contribution in [-0.4, -0.2) is 40.1 Å². The van der Waals surface area contributed by atoms with Crippen molar-refractivity contribution in [2.45, 2.75) is 11.8 Å². The van der Waals surface area contributed by atoms with Gasteiger partial charge in [-0.05, 0) is 55.6 Å². The first-order valence-electron chi connectivity index (χ1n) is 9.40. The number of hydrogen-bond donors (Lipinski definition) is 1. The third-order valence-electron chi connectivity index (χ3n) is 4.78. The van der Waals surface area contributed by atoms with Gasteiger partial charge in [0.1, 0.15) is 12.2 Å². The maximum Gasteiger partial charge on any atom is 0.323 e. The summed E-state index contributed by atoms with van der Waals surface area (Å²) in [6, 6.07) is 17.1. The van der Waals surface area contributed by atoms with Crippen LogP contribution in [0.5, 0.6) is 0 Å². The van der Waals surface area contributed by atoms with E-state index in [9.17, 15) is 14.7 Å². The Labute approximate surface area is 184 Å². The molecule has 1 saturated heterocycles. The molecule has 6 nitrogen and oxygen atoms in total. The molecule has 0 spiro atoms. The van der Waals surface area contributed by atoms with Crippen LogP contribution in [0.3, 0.4) is 0 Å². The van der Waals surface area contributed by atoms with Gasteiger partial charge >= 0.3 is 5.97 Å². The fraction of sp³-hybridized carbons (Fsp3) is 0.136. The van der Waals surface area contributed by atoms with E-state index in [0.29, 0.717) is 5.69 Å². The van der Waals surface area contributed by atoms with Gasteiger partial charge in [0.25, 0.3) is 5.91 Å². The predicted molar refractivity (Wildman–Crippen MR) is 122 cm³/mol. The number of hydrogen-bond acceptors (Lipinski definition) is 5. The van der Waals surface area contributed by atoms with Gasteiger partial charge in [-0.1, -0.05) is 42.1 Å². The maximum atomic E-state index is 13.2. The molecule has 152 valence electrons. The Balaban J connectivity index is 1.71. The summed E-state index contributed by atoms with van der Waals surface area (Å²) in [4.78, 5) is 30.6. The molecule has 0 aliphatic carbocycles. The number of carbonyl (C=O) groups excluding carboxylic acids is 1. The van der Waals surface area contributed by atoms with E-state index in [1.54, 1.807) is 30.0 Å². The van der Waals surface area contributed by atoms with Crippen molar-refractivity contribution >= 4 is 52.3 Å². The van der Waals surface area contributed by atoms with Gasteiger partial charge in [-0.25, -0.2) is 0 Å². The molecule has 0 unspecified atom stereocenters. The van der Waals surface area contributed by atoms with Crippen LogP contribution in [0.25, 0.3) is 0 Å².